The summed E-state index contributed by atoms with van der Waals surface area (Å²) in [4.78, 5) is 24.6. The number of carbonyl (C=O) groups is 2. The summed E-state index contributed by atoms with van der Waals surface area (Å²) in [5.74, 6) is -0.0260. The monoisotopic (exact) mass is 302 g/mol. The van der Waals surface area contributed by atoms with Gasteiger partial charge in [-0.3, -0.25) is 9.59 Å². The lowest BCUT2D eigenvalue weighted by Crippen LogP contribution is -2.36. The van der Waals surface area contributed by atoms with Gasteiger partial charge in [-0.05, 0) is 0 Å². The molecule has 3 nitrogen and oxygen atoms in total. The average Bonchev–Trinajstić information content (AvgIpc) is 2.63. The molecule has 0 atom stereocenters. The van der Waals surface area contributed by atoms with Crippen molar-refractivity contribution in [1.82, 2.24) is 0 Å². The predicted octanol–water partition coefficient (Wildman–Crippen LogP) is 3.09. The summed E-state index contributed by atoms with van der Waals surface area (Å²) in [5, 5.41) is 0. The van der Waals surface area contributed by atoms with Crippen molar-refractivity contribution in [3.8, 4) is 0 Å². The number of Topliss-reactive ketones (excluding diaryl/α,β-unsaturated/α-hetero) is 1. The highest BCUT2D eigenvalue weighted by Crippen LogP contribution is 2.11. The third-order valence-electron chi connectivity index (χ3n) is 3.61. The Labute approximate surface area is 134 Å². The quantitative estimate of drug-likeness (QED) is 0.536. The van der Waals surface area contributed by atoms with E-state index in [1.807, 2.05) is 53.4 Å². The van der Waals surface area contributed by atoms with Gasteiger partial charge in [0.25, 0.3) is 0 Å². The summed E-state index contributed by atoms with van der Waals surface area (Å²) >= 11 is 0. The molecule has 0 saturated heterocycles. The lowest BCUT2D eigenvalue weighted by Gasteiger charge is -2.03. The molecule has 0 fully saturated rings. The van der Waals surface area contributed by atoms with E-state index in [9.17, 15) is 9.59 Å². The highest BCUT2D eigenvalue weighted by Gasteiger charge is 2.13. The zero-order chi connectivity index (χ0) is 16.1. The fourth-order valence-corrected chi connectivity index (χ4v) is 2.36. The molecule has 1 aromatic heterocycles. The van der Waals surface area contributed by atoms with Gasteiger partial charge in [0.2, 0.25) is 12.3 Å². The van der Waals surface area contributed by atoms with Crippen molar-refractivity contribution in [2.45, 2.75) is 6.54 Å². The number of rotatable bonds is 5. The molecule has 23 heavy (non-hydrogen) atoms. The number of hydrogen-bond acceptors (Lipinski definition) is 2. The van der Waals surface area contributed by atoms with Crippen LogP contribution >= 0.6 is 0 Å². The summed E-state index contributed by atoms with van der Waals surface area (Å²) in [5.41, 5.74) is 1.83. The zero-order valence-corrected chi connectivity index (χ0v) is 12.6. The Kier molecular flexibility index (Phi) is 4.39. The SMILES string of the molecule is O=C(C[n+]1ccccc1)c1ccc(C(=O)c2ccccc2)cc1. The molecule has 0 N–H and O–H groups in total. The first-order valence-corrected chi connectivity index (χ1v) is 7.41. The van der Waals surface area contributed by atoms with Gasteiger partial charge in [-0.25, -0.2) is 0 Å². The normalized spacial score (nSPS) is 10.3. The molecule has 0 bridgehead atoms. The summed E-state index contributed by atoms with van der Waals surface area (Å²) in [6.07, 6.45) is 3.70. The Morgan fingerprint density at radius 2 is 1.17 bits per heavy atom. The number of benzene rings is 2. The van der Waals surface area contributed by atoms with Crippen LogP contribution in [0.5, 0.6) is 0 Å². The molecule has 0 aliphatic carbocycles. The molecule has 0 radical (unpaired) electrons. The molecule has 0 spiro atoms. The Morgan fingerprint density at radius 3 is 1.83 bits per heavy atom. The maximum atomic E-state index is 12.3. The summed E-state index contributed by atoms with van der Waals surface area (Å²) in [6.45, 7) is 0.285. The predicted molar refractivity (Wildman–Crippen MR) is 87.3 cm³/mol. The molecule has 0 aliphatic rings. The van der Waals surface area contributed by atoms with Gasteiger partial charge in [-0.15, -0.1) is 0 Å². The minimum absolute atomic E-state index is 0.0138. The maximum absolute atomic E-state index is 12.3. The number of nitrogens with zero attached hydrogens (tertiary/aromatic N) is 1. The minimum atomic E-state index is -0.0398. The smallest absolute Gasteiger partial charge is 0.227 e. The Bertz CT molecular complexity index is 809. The van der Waals surface area contributed by atoms with Crippen molar-refractivity contribution in [2.24, 2.45) is 0 Å². The minimum Gasteiger partial charge on any atom is -0.289 e. The van der Waals surface area contributed by atoms with Gasteiger partial charge in [0.1, 0.15) is 0 Å². The lowest BCUT2D eigenvalue weighted by atomic mass is 10.0. The molecular formula is C20H16NO2+. The molecule has 0 unspecified atom stereocenters. The molecule has 3 aromatic rings. The average molecular weight is 302 g/mol. The highest BCUT2D eigenvalue weighted by atomic mass is 16.1. The molecule has 0 saturated carbocycles. The molecule has 0 aliphatic heterocycles. The van der Waals surface area contributed by atoms with Crippen LogP contribution in [-0.2, 0) is 6.54 Å². The first kappa shape index (κ1) is 14.9. The van der Waals surface area contributed by atoms with E-state index in [4.69, 9.17) is 0 Å². The standard InChI is InChI=1S/C20H16NO2/c22-19(15-21-13-5-2-6-14-21)16-9-11-18(12-10-16)20(23)17-7-3-1-4-8-17/h1-14H,15H2/q+1. The van der Waals surface area contributed by atoms with Crippen molar-refractivity contribution < 1.29 is 14.2 Å². The van der Waals surface area contributed by atoms with E-state index in [2.05, 4.69) is 0 Å². The van der Waals surface area contributed by atoms with Gasteiger partial charge < -0.3 is 0 Å². The molecule has 2 aromatic carbocycles. The number of pyridine rings is 1. The van der Waals surface area contributed by atoms with Gasteiger partial charge in [-0.2, -0.15) is 4.57 Å². The van der Waals surface area contributed by atoms with E-state index in [1.165, 1.54) is 0 Å². The van der Waals surface area contributed by atoms with E-state index in [0.29, 0.717) is 16.7 Å². The van der Waals surface area contributed by atoms with Gasteiger partial charge >= 0.3 is 0 Å². The third kappa shape index (κ3) is 3.58. The first-order chi connectivity index (χ1) is 11.2. The van der Waals surface area contributed by atoms with Crippen molar-refractivity contribution in [3.05, 3.63) is 102 Å². The highest BCUT2D eigenvalue weighted by molar-refractivity contribution is 6.09. The number of aromatic nitrogens is 1. The van der Waals surface area contributed by atoms with E-state index in [1.54, 1.807) is 36.4 Å². The van der Waals surface area contributed by atoms with Crippen LogP contribution in [0.3, 0.4) is 0 Å². The van der Waals surface area contributed by atoms with E-state index < -0.39 is 0 Å². The van der Waals surface area contributed by atoms with E-state index in [-0.39, 0.29) is 18.1 Å². The molecule has 1 heterocycles. The fraction of sp³-hybridized carbons (Fsp3) is 0.0500. The first-order valence-electron chi connectivity index (χ1n) is 7.41. The largest absolute Gasteiger partial charge is 0.289 e. The van der Waals surface area contributed by atoms with Crippen LogP contribution in [-0.4, -0.2) is 11.6 Å². The van der Waals surface area contributed by atoms with E-state index >= 15 is 0 Å². The van der Waals surface area contributed by atoms with Crippen LogP contribution in [0.15, 0.2) is 85.2 Å². The summed E-state index contributed by atoms with van der Waals surface area (Å²) in [7, 11) is 0. The van der Waals surface area contributed by atoms with Crippen LogP contribution in [0.4, 0.5) is 0 Å². The molecule has 3 heteroatoms. The van der Waals surface area contributed by atoms with Crippen LogP contribution in [0.25, 0.3) is 0 Å². The second kappa shape index (κ2) is 6.79. The van der Waals surface area contributed by atoms with Gasteiger partial charge in [0, 0.05) is 28.8 Å². The third-order valence-corrected chi connectivity index (χ3v) is 3.61. The Balaban J connectivity index is 1.74. The molecular weight excluding hydrogens is 286 g/mol. The number of carbonyl (C=O) groups excluding carboxylic acids is 2. The van der Waals surface area contributed by atoms with Crippen molar-refractivity contribution in [1.29, 1.82) is 0 Å². The Morgan fingerprint density at radius 1 is 0.652 bits per heavy atom. The second-order valence-electron chi connectivity index (χ2n) is 5.24. The fourth-order valence-electron chi connectivity index (χ4n) is 2.36. The van der Waals surface area contributed by atoms with Crippen LogP contribution in [0.1, 0.15) is 26.3 Å². The molecule has 0 amide bonds. The second-order valence-corrected chi connectivity index (χ2v) is 5.24. The van der Waals surface area contributed by atoms with E-state index in [0.717, 1.165) is 0 Å². The summed E-state index contributed by atoms with van der Waals surface area (Å²) in [6, 6.07) is 21.6. The lowest BCUT2D eigenvalue weighted by molar-refractivity contribution is -0.683. The van der Waals surface area contributed by atoms with Gasteiger partial charge in [0.05, 0.1) is 0 Å². The van der Waals surface area contributed by atoms with Crippen LogP contribution < -0.4 is 4.57 Å². The summed E-state index contributed by atoms with van der Waals surface area (Å²) < 4.78 is 1.82. The Hall–Kier alpha value is -3.07. The van der Waals surface area contributed by atoms with Crippen molar-refractivity contribution in [3.63, 3.8) is 0 Å². The molecule has 112 valence electrons. The van der Waals surface area contributed by atoms with Crippen LogP contribution in [0.2, 0.25) is 0 Å². The number of ketones is 2. The van der Waals surface area contributed by atoms with Gasteiger partial charge in [-0.1, -0.05) is 60.7 Å². The van der Waals surface area contributed by atoms with Crippen molar-refractivity contribution in [2.75, 3.05) is 0 Å². The molecule has 3 rings (SSSR count). The van der Waals surface area contributed by atoms with Gasteiger partial charge in [0.15, 0.2) is 18.2 Å². The van der Waals surface area contributed by atoms with Crippen LogP contribution in [0, 0.1) is 0 Å². The topological polar surface area (TPSA) is 38.0 Å². The zero-order valence-electron chi connectivity index (χ0n) is 12.6. The maximum Gasteiger partial charge on any atom is 0.227 e. The van der Waals surface area contributed by atoms with Crippen molar-refractivity contribution >= 4 is 11.6 Å². The number of hydrogen-bond donors (Lipinski definition) is 0.